The van der Waals surface area contributed by atoms with E-state index >= 15 is 0 Å². The van der Waals surface area contributed by atoms with Crippen LogP contribution < -0.4 is 5.32 Å². The van der Waals surface area contributed by atoms with Crippen molar-refractivity contribution in [3.05, 3.63) is 34.9 Å². The summed E-state index contributed by atoms with van der Waals surface area (Å²) in [5, 5.41) is 3.93. The number of urea groups is 1. The third-order valence-corrected chi connectivity index (χ3v) is 5.09. The number of benzene rings is 1. The summed E-state index contributed by atoms with van der Waals surface area (Å²) in [5.74, 6) is 0.458. The lowest BCUT2D eigenvalue weighted by molar-refractivity contribution is 0.171. The minimum atomic E-state index is -0.0343. The average molecular weight is 343 g/mol. The van der Waals surface area contributed by atoms with Crippen molar-refractivity contribution in [2.24, 2.45) is 5.92 Å². The van der Waals surface area contributed by atoms with Crippen LogP contribution in [0.5, 0.6) is 0 Å². The van der Waals surface area contributed by atoms with Gasteiger partial charge in [0.05, 0.1) is 6.61 Å². The van der Waals surface area contributed by atoms with E-state index in [1.807, 2.05) is 37.6 Å². The fraction of sp³-hybridized carbons (Fsp3) is 0.562. The lowest BCUT2D eigenvalue weighted by Gasteiger charge is -2.23. The molecule has 1 saturated heterocycles. The highest BCUT2D eigenvalue weighted by Crippen LogP contribution is 2.27. The van der Waals surface area contributed by atoms with Gasteiger partial charge in [0.25, 0.3) is 0 Å². The van der Waals surface area contributed by atoms with Crippen molar-refractivity contribution in [3.63, 3.8) is 0 Å². The molecule has 0 aromatic heterocycles. The van der Waals surface area contributed by atoms with Gasteiger partial charge >= 0.3 is 6.03 Å². The fourth-order valence-electron chi connectivity index (χ4n) is 2.56. The van der Waals surface area contributed by atoms with Crippen LogP contribution >= 0.6 is 23.4 Å². The first-order chi connectivity index (χ1) is 10.6. The van der Waals surface area contributed by atoms with Gasteiger partial charge in [-0.1, -0.05) is 23.7 Å². The van der Waals surface area contributed by atoms with Crippen LogP contribution in [-0.4, -0.2) is 50.5 Å². The Balaban J connectivity index is 1.82. The summed E-state index contributed by atoms with van der Waals surface area (Å²) in [5.41, 5.74) is 1.13. The van der Waals surface area contributed by atoms with Crippen molar-refractivity contribution in [1.29, 1.82) is 0 Å². The highest BCUT2D eigenvalue weighted by molar-refractivity contribution is 7.98. The first-order valence-corrected chi connectivity index (χ1v) is 9.11. The van der Waals surface area contributed by atoms with Crippen molar-refractivity contribution in [2.45, 2.75) is 11.7 Å². The minimum Gasteiger partial charge on any atom is -0.381 e. The van der Waals surface area contributed by atoms with E-state index in [0.717, 1.165) is 36.8 Å². The summed E-state index contributed by atoms with van der Waals surface area (Å²) in [4.78, 5) is 13.9. The molecule has 1 aromatic rings. The molecule has 0 saturated carbocycles. The van der Waals surface area contributed by atoms with E-state index in [2.05, 4.69) is 5.32 Å². The van der Waals surface area contributed by atoms with E-state index in [-0.39, 0.29) is 11.3 Å². The van der Waals surface area contributed by atoms with Gasteiger partial charge < -0.3 is 15.0 Å². The van der Waals surface area contributed by atoms with Crippen LogP contribution in [0.4, 0.5) is 4.79 Å². The summed E-state index contributed by atoms with van der Waals surface area (Å²) in [6.45, 7) is 2.90. The number of ether oxygens (including phenoxy) is 1. The van der Waals surface area contributed by atoms with E-state index in [0.29, 0.717) is 12.5 Å². The first kappa shape index (κ1) is 17.4. The van der Waals surface area contributed by atoms with E-state index < -0.39 is 0 Å². The van der Waals surface area contributed by atoms with Crippen molar-refractivity contribution >= 4 is 29.4 Å². The molecule has 1 aliphatic rings. The number of thioether (sulfide) groups is 1. The highest BCUT2D eigenvalue weighted by Gasteiger charge is 2.20. The Labute approximate surface area is 141 Å². The third kappa shape index (κ3) is 5.07. The Bertz CT molecular complexity index is 495. The lowest BCUT2D eigenvalue weighted by Crippen LogP contribution is -2.41. The number of hydrogen-bond donors (Lipinski definition) is 1. The number of nitrogens with zero attached hydrogens (tertiary/aromatic N) is 1. The van der Waals surface area contributed by atoms with E-state index in [1.54, 1.807) is 16.7 Å². The number of halogens is 1. The van der Waals surface area contributed by atoms with Crippen LogP contribution in [0.25, 0.3) is 0 Å². The molecule has 0 aliphatic carbocycles. The maximum Gasteiger partial charge on any atom is 0.317 e. The van der Waals surface area contributed by atoms with E-state index in [4.69, 9.17) is 16.3 Å². The van der Waals surface area contributed by atoms with Gasteiger partial charge in [-0.15, -0.1) is 0 Å². The largest absolute Gasteiger partial charge is 0.381 e. The minimum absolute atomic E-state index is 0.0343. The zero-order valence-electron chi connectivity index (χ0n) is 13.0. The third-order valence-electron chi connectivity index (χ3n) is 3.85. The Morgan fingerprint density at radius 1 is 1.59 bits per heavy atom. The summed E-state index contributed by atoms with van der Waals surface area (Å²) in [6.07, 6.45) is 3.07. The molecule has 0 spiro atoms. The number of amides is 2. The molecule has 1 fully saturated rings. The fourth-order valence-corrected chi connectivity index (χ4v) is 3.42. The van der Waals surface area contributed by atoms with Crippen molar-refractivity contribution in [1.82, 2.24) is 10.2 Å². The summed E-state index contributed by atoms with van der Waals surface area (Å²) < 4.78 is 5.35. The van der Waals surface area contributed by atoms with Gasteiger partial charge in [-0.05, 0) is 30.4 Å². The smallest absolute Gasteiger partial charge is 0.317 e. The topological polar surface area (TPSA) is 41.6 Å². The SMILES string of the molecule is CS[C@@H](CNC(=O)N(C)C[C@@H]1CCOC1)c1cccc(Cl)c1. The molecule has 1 aromatic carbocycles. The van der Waals surface area contributed by atoms with Crippen LogP contribution in [0.2, 0.25) is 5.02 Å². The molecular weight excluding hydrogens is 320 g/mol. The highest BCUT2D eigenvalue weighted by atomic mass is 35.5. The van der Waals surface area contributed by atoms with Gasteiger partial charge in [0.1, 0.15) is 0 Å². The average Bonchev–Trinajstić information content (AvgIpc) is 3.00. The molecule has 0 bridgehead atoms. The molecule has 2 atom stereocenters. The van der Waals surface area contributed by atoms with Gasteiger partial charge in [0.15, 0.2) is 0 Å². The van der Waals surface area contributed by atoms with E-state index in [1.165, 1.54) is 0 Å². The quantitative estimate of drug-likeness (QED) is 0.861. The predicted molar refractivity (Wildman–Crippen MR) is 92.7 cm³/mol. The van der Waals surface area contributed by atoms with Gasteiger partial charge in [-0.2, -0.15) is 11.8 Å². The van der Waals surface area contributed by atoms with Gasteiger partial charge in [0.2, 0.25) is 0 Å². The van der Waals surface area contributed by atoms with Crippen molar-refractivity contribution in [3.8, 4) is 0 Å². The molecule has 1 aliphatic heterocycles. The van der Waals surface area contributed by atoms with Gasteiger partial charge in [0, 0.05) is 42.9 Å². The number of nitrogens with one attached hydrogen (secondary N) is 1. The predicted octanol–water partition coefficient (Wildman–Crippen LogP) is 3.42. The Hall–Kier alpha value is -0.910. The monoisotopic (exact) mass is 342 g/mol. The lowest BCUT2D eigenvalue weighted by atomic mass is 10.1. The maximum atomic E-state index is 12.2. The molecular formula is C16H23ClN2O2S. The number of rotatable bonds is 6. The van der Waals surface area contributed by atoms with Crippen LogP contribution in [0.3, 0.4) is 0 Å². The molecule has 1 N–H and O–H groups in total. The standard InChI is InChI=1S/C16H23ClN2O2S/c1-19(10-12-6-7-21-11-12)16(20)18-9-15(22-2)13-4-3-5-14(17)8-13/h3-5,8,12,15H,6-7,9-11H2,1-2H3,(H,18,20)/t12-,15-/m0/s1. The molecule has 4 nitrogen and oxygen atoms in total. The molecule has 6 heteroatoms. The van der Waals surface area contributed by atoms with E-state index in [9.17, 15) is 4.79 Å². The summed E-state index contributed by atoms with van der Waals surface area (Å²) >= 11 is 7.74. The Morgan fingerprint density at radius 2 is 2.41 bits per heavy atom. The maximum absolute atomic E-state index is 12.2. The summed E-state index contributed by atoms with van der Waals surface area (Å²) in [6, 6.07) is 7.76. The molecule has 2 amide bonds. The Morgan fingerprint density at radius 3 is 3.05 bits per heavy atom. The Kier molecular flexibility index (Phi) is 6.86. The number of carbonyl (C=O) groups is 1. The zero-order chi connectivity index (χ0) is 15.9. The van der Waals surface area contributed by atoms with Gasteiger partial charge in [-0.25, -0.2) is 4.79 Å². The molecule has 0 radical (unpaired) electrons. The number of carbonyl (C=O) groups excluding carboxylic acids is 1. The normalized spacial score (nSPS) is 19.0. The van der Waals surface area contributed by atoms with Crippen molar-refractivity contribution in [2.75, 3.05) is 39.6 Å². The van der Waals surface area contributed by atoms with Crippen LogP contribution in [0.15, 0.2) is 24.3 Å². The molecule has 1 heterocycles. The zero-order valence-corrected chi connectivity index (χ0v) is 14.6. The molecule has 0 unspecified atom stereocenters. The van der Waals surface area contributed by atoms with Crippen LogP contribution in [0.1, 0.15) is 17.2 Å². The molecule has 22 heavy (non-hydrogen) atoms. The van der Waals surface area contributed by atoms with Crippen LogP contribution in [0, 0.1) is 5.92 Å². The first-order valence-electron chi connectivity index (χ1n) is 7.45. The summed E-state index contributed by atoms with van der Waals surface area (Å²) in [7, 11) is 1.83. The second-order valence-electron chi connectivity index (χ2n) is 5.58. The molecule has 122 valence electrons. The second-order valence-corrected chi connectivity index (χ2v) is 7.05. The van der Waals surface area contributed by atoms with Gasteiger partial charge in [-0.3, -0.25) is 0 Å². The van der Waals surface area contributed by atoms with Crippen LogP contribution in [-0.2, 0) is 4.74 Å². The number of hydrogen-bond acceptors (Lipinski definition) is 3. The van der Waals surface area contributed by atoms with Crippen molar-refractivity contribution < 1.29 is 9.53 Å². The second kappa shape index (κ2) is 8.65. The molecule has 2 rings (SSSR count).